The third-order valence-corrected chi connectivity index (χ3v) is 6.79. The smallest absolute Gasteiger partial charge is 0.226 e. The number of hydrogen-bond acceptors (Lipinski definition) is 3. The van der Waals surface area contributed by atoms with E-state index in [1.807, 2.05) is 24.4 Å². The lowest BCUT2D eigenvalue weighted by Crippen LogP contribution is -2.53. The lowest BCUT2D eigenvalue weighted by molar-refractivity contribution is -0.146. The van der Waals surface area contributed by atoms with E-state index >= 15 is 0 Å². The first-order valence-electron chi connectivity index (χ1n) is 9.84. The summed E-state index contributed by atoms with van der Waals surface area (Å²) < 4.78 is 0. The van der Waals surface area contributed by atoms with Crippen molar-refractivity contribution in [3.05, 3.63) is 48.4 Å². The second kappa shape index (κ2) is 6.19. The molecule has 2 heterocycles. The Morgan fingerprint density at radius 1 is 1.04 bits per heavy atom. The van der Waals surface area contributed by atoms with Gasteiger partial charge in [-0.25, -0.2) is 0 Å². The van der Waals surface area contributed by atoms with Crippen LogP contribution in [0.3, 0.4) is 0 Å². The van der Waals surface area contributed by atoms with E-state index in [0.29, 0.717) is 6.54 Å². The van der Waals surface area contributed by atoms with Crippen LogP contribution in [-0.4, -0.2) is 15.9 Å². The Balaban J connectivity index is 1.34. The Morgan fingerprint density at radius 2 is 1.73 bits per heavy atom. The SMILES string of the molecule is O=C(NCc1cccnc1-c1cccnc1)C12CC3CC(CC(C3)C1)C2. The minimum atomic E-state index is -0.0918. The molecule has 134 valence electrons. The molecule has 0 aromatic carbocycles. The van der Waals surface area contributed by atoms with Gasteiger partial charge in [0.2, 0.25) is 5.91 Å². The third kappa shape index (κ3) is 2.72. The summed E-state index contributed by atoms with van der Waals surface area (Å²) in [6, 6.07) is 7.92. The molecule has 4 aliphatic carbocycles. The molecule has 1 amide bonds. The van der Waals surface area contributed by atoms with E-state index in [9.17, 15) is 4.79 Å². The third-order valence-electron chi connectivity index (χ3n) is 6.79. The van der Waals surface area contributed by atoms with Crippen molar-refractivity contribution in [1.29, 1.82) is 0 Å². The molecule has 4 bridgehead atoms. The standard InChI is InChI=1S/C22H25N3O/c26-21(22-10-15-7-16(11-22)9-17(8-15)12-22)25-14-19-4-2-6-24-20(19)18-3-1-5-23-13-18/h1-6,13,15-17H,7-12,14H2,(H,25,26). The topological polar surface area (TPSA) is 54.9 Å². The molecular formula is C22H25N3O. The summed E-state index contributed by atoms with van der Waals surface area (Å²) in [5.41, 5.74) is 2.86. The second-order valence-electron chi connectivity index (χ2n) is 8.63. The van der Waals surface area contributed by atoms with Crippen LogP contribution in [0, 0.1) is 23.2 Å². The van der Waals surface area contributed by atoms with Crippen LogP contribution in [0.15, 0.2) is 42.9 Å². The van der Waals surface area contributed by atoms with Gasteiger partial charge in [0.05, 0.1) is 5.69 Å². The molecule has 4 heteroatoms. The summed E-state index contributed by atoms with van der Waals surface area (Å²) in [5, 5.41) is 3.27. The predicted octanol–water partition coefficient (Wildman–Crippen LogP) is 3.98. The van der Waals surface area contributed by atoms with Crippen molar-refractivity contribution in [3.63, 3.8) is 0 Å². The van der Waals surface area contributed by atoms with E-state index in [1.165, 1.54) is 19.3 Å². The van der Waals surface area contributed by atoms with Crippen molar-refractivity contribution in [2.75, 3.05) is 0 Å². The average molecular weight is 347 g/mol. The Morgan fingerprint density at radius 3 is 2.38 bits per heavy atom. The van der Waals surface area contributed by atoms with E-state index < -0.39 is 0 Å². The number of pyridine rings is 2. The summed E-state index contributed by atoms with van der Waals surface area (Å²) in [5.74, 6) is 2.64. The van der Waals surface area contributed by atoms with Gasteiger partial charge in [0.15, 0.2) is 0 Å². The van der Waals surface area contributed by atoms with Crippen molar-refractivity contribution in [1.82, 2.24) is 15.3 Å². The van der Waals surface area contributed by atoms with E-state index in [0.717, 1.165) is 53.8 Å². The number of carbonyl (C=O) groups is 1. The molecule has 0 aliphatic heterocycles. The fourth-order valence-corrected chi connectivity index (χ4v) is 6.10. The van der Waals surface area contributed by atoms with Crippen LogP contribution in [-0.2, 0) is 11.3 Å². The van der Waals surface area contributed by atoms with E-state index in [1.54, 1.807) is 12.4 Å². The summed E-state index contributed by atoms with van der Waals surface area (Å²) in [7, 11) is 0. The van der Waals surface area contributed by atoms with Crippen LogP contribution in [0.4, 0.5) is 0 Å². The maximum Gasteiger partial charge on any atom is 0.226 e. The zero-order chi connectivity index (χ0) is 17.6. The number of aromatic nitrogens is 2. The fraction of sp³-hybridized carbons (Fsp3) is 0.500. The lowest BCUT2D eigenvalue weighted by atomic mass is 9.49. The normalized spacial score (nSPS) is 31.8. The zero-order valence-electron chi connectivity index (χ0n) is 15.0. The molecule has 0 saturated heterocycles. The van der Waals surface area contributed by atoms with Gasteiger partial charge >= 0.3 is 0 Å². The first-order valence-corrected chi connectivity index (χ1v) is 9.84. The molecule has 0 unspecified atom stereocenters. The minimum Gasteiger partial charge on any atom is -0.351 e. The summed E-state index contributed by atoms with van der Waals surface area (Å²) >= 11 is 0. The van der Waals surface area contributed by atoms with E-state index in [2.05, 4.69) is 21.4 Å². The molecule has 4 fully saturated rings. The maximum atomic E-state index is 13.2. The molecule has 6 rings (SSSR count). The van der Waals surface area contributed by atoms with Crippen molar-refractivity contribution in [2.24, 2.45) is 23.2 Å². The number of nitrogens with zero attached hydrogens (tertiary/aromatic N) is 2. The molecule has 0 spiro atoms. The highest BCUT2D eigenvalue weighted by atomic mass is 16.2. The number of nitrogens with one attached hydrogen (secondary N) is 1. The molecule has 4 nitrogen and oxygen atoms in total. The number of amides is 1. The molecule has 4 aliphatic rings. The highest BCUT2D eigenvalue weighted by Gasteiger charge is 2.54. The second-order valence-corrected chi connectivity index (χ2v) is 8.63. The Hall–Kier alpha value is -2.23. The minimum absolute atomic E-state index is 0.0918. The first-order chi connectivity index (χ1) is 12.7. The van der Waals surface area contributed by atoms with Crippen molar-refractivity contribution < 1.29 is 4.79 Å². The molecule has 2 aromatic rings. The van der Waals surface area contributed by atoms with Gasteiger partial charge in [0.25, 0.3) is 0 Å². The van der Waals surface area contributed by atoms with Gasteiger partial charge in [-0.2, -0.15) is 0 Å². The fourth-order valence-electron chi connectivity index (χ4n) is 6.10. The number of hydrogen-bond donors (Lipinski definition) is 1. The number of rotatable bonds is 4. The Kier molecular flexibility index (Phi) is 3.80. The largest absolute Gasteiger partial charge is 0.351 e. The highest BCUT2D eigenvalue weighted by molar-refractivity contribution is 5.83. The van der Waals surface area contributed by atoms with Crippen molar-refractivity contribution in [3.8, 4) is 11.3 Å². The average Bonchev–Trinajstić information content (AvgIpc) is 2.66. The lowest BCUT2D eigenvalue weighted by Gasteiger charge is -2.55. The van der Waals surface area contributed by atoms with Crippen LogP contribution in [0.5, 0.6) is 0 Å². The van der Waals surface area contributed by atoms with Crippen LogP contribution in [0.1, 0.15) is 44.1 Å². The van der Waals surface area contributed by atoms with Crippen LogP contribution in [0.25, 0.3) is 11.3 Å². The number of carbonyl (C=O) groups excluding carboxylic acids is 1. The van der Waals surface area contributed by atoms with Gasteiger partial charge in [-0.3, -0.25) is 14.8 Å². The molecular weight excluding hydrogens is 322 g/mol. The van der Waals surface area contributed by atoms with Crippen molar-refractivity contribution >= 4 is 5.91 Å². The summed E-state index contributed by atoms with van der Waals surface area (Å²) in [6.07, 6.45) is 12.8. The van der Waals surface area contributed by atoms with Gasteiger partial charge < -0.3 is 5.32 Å². The van der Waals surface area contributed by atoms with Crippen LogP contribution >= 0.6 is 0 Å². The molecule has 0 atom stereocenters. The Labute approximate surface area is 154 Å². The first kappa shape index (κ1) is 16.0. The zero-order valence-corrected chi connectivity index (χ0v) is 15.0. The summed E-state index contributed by atoms with van der Waals surface area (Å²) in [4.78, 5) is 21.9. The van der Waals surface area contributed by atoms with Crippen LogP contribution in [0.2, 0.25) is 0 Å². The molecule has 4 saturated carbocycles. The van der Waals surface area contributed by atoms with Gasteiger partial charge in [-0.05, 0) is 80.0 Å². The van der Waals surface area contributed by atoms with Gasteiger partial charge in [-0.15, -0.1) is 0 Å². The van der Waals surface area contributed by atoms with E-state index in [4.69, 9.17) is 0 Å². The summed E-state index contributed by atoms with van der Waals surface area (Å²) in [6.45, 7) is 0.540. The van der Waals surface area contributed by atoms with Gasteiger partial charge in [0, 0.05) is 36.1 Å². The molecule has 26 heavy (non-hydrogen) atoms. The molecule has 0 radical (unpaired) electrons. The van der Waals surface area contributed by atoms with Gasteiger partial charge in [0.1, 0.15) is 0 Å². The molecule has 1 N–H and O–H groups in total. The quantitative estimate of drug-likeness (QED) is 0.910. The Bertz CT molecular complexity index is 782. The maximum absolute atomic E-state index is 13.2. The monoisotopic (exact) mass is 347 g/mol. The van der Waals surface area contributed by atoms with Gasteiger partial charge in [-0.1, -0.05) is 6.07 Å². The van der Waals surface area contributed by atoms with Crippen LogP contribution < -0.4 is 5.32 Å². The van der Waals surface area contributed by atoms with Crippen molar-refractivity contribution in [2.45, 2.75) is 45.1 Å². The predicted molar refractivity (Wildman–Crippen MR) is 99.9 cm³/mol. The highest BCUT2D eigenvalue weighted by Crippen LogP contribution is 2.60. The molecule has 2 aromatic heterocycles. The van der Waals surface area contributed by atoms with E-state index in [-0.39, 0.29) is 11.3 Å².